The van der Waals surface area contributed by atoms with Crippen LogP contribution in [0.4, 0.5) is 0 Å². The van der Waals surface area contributed by atoms with Gasteiger partial charge in [0.25, 0.3) is 0 Å². The lowest BCUT2D eigenvalue weighted by atomic mass is 10.3. The Kier molecular flexibility index (Phi) is 3.50. The molecule has 0 saturated heterocycles. The lowest BCUT2D eigenvalue weighted by molar-refractivity contribution is -0.118. The Morgan fingerprint density at radius 1 is 1.47 bits per heavy atom. The van der Waals surface area contributed by atoms with Gasteiger partial charge in [-0.2, -0.15) is 0 Å². The van der Waals surface area contributed by atoms with Crippen molar-refractivity contribution in [1.29, 1.82) is 0 Å². The zero-order chi connectivity index (χ0) is 11.6. The monoisotopic (exact) mass is 227 g/mol. The highest BCUT2D eigenvalue weighted by Gasteiger charge is 2.26. The number of carbonyl (C=O) groups is 1. The van der Waals surface area contributed by atoms with E-state index in [9.17, 15) is 9.00 Å². The van der Waals surface area contributed by atoms with Crippen molar-refractivity contribution in [1.82, 2.24) is 5.32 Å². The molecule has 1 aliphatic carbocycles. The van der Waals surface area contributed by atoms with Crippen molar-refractivity contribution in [3.05, 3.63) is 22.8 Å². The average Bonchev–Trinajstić information content (AvgIpc) is 2.48. The molecule has 4 heteroatoms. The van der Waals surface area contributed by atoms with E-state index in [-0.39, 0.29) is 10.7 Å². The zero-order valence-corrected chi connectivity index (χ0v) is 10.4. The molecule has 1 atom stereocenters. The normalized spacial score (nSPS) is 18.1. The molecule has 15 heavy (non-hydrogen) atoms. The average molecular weight is 227 g/mol. The largest absolute Gasteiger partial charge is 0.328 e. The van der Waals surface area contributed by atoms with Crippen LogP contribution in [0.2, 0.25) is 0 Å². The third-order valence-corrected chi connectivity index (χ3v) is 3.87. The van der Waals surface area contributed by atoms with Crippen molar-refractivity contribution < 1.29 is 9.00 Å². The van der Waals surface area contributed by atoms with Crippen molar-refractivity contribution in [2.45, 2.75) is 38.9 Å². The van der Waals surface area contributed by atoms with Crippen molar-refractivity contribution in [3.8, 4) is 0 Å². The molecule has 1 aliphatic rings. The third-order valence-electron chi connectivity index (χ3n) is 1.97. The predicted molar refractivity (Wildman–Crippen MR) is 62.5 cm³/mol. The van der Waals surface area contributed by atoms with Crippen molar-refractivity contribution in [2.24, 2.45) is 0 Å². The topological polar surface area (TPSA) is 46.2 Å². The molecule has 0 radical (unpaired) electrons. The predicted octanol–water partition coefficient (Wildman–Crippen LogP) is 1.84. The fourth-order valence-electron chi connectivity index (χ4n) is 1.31. The standard InChI is InChI=1S/C11H17NO2S/c1-8(13)12-9-6-5-7-10(9)15(14)11(2,3)4/h5,7H,6H2,1-4H3,(H,12,13). The maximum Gasteiger partial charge on any atom is 0.221 e. The van der Waals surface area contributed by atoms with E-state index in [2.05, 4.69) is 5.32 Å². The van der Waals surface area contributed by atoms with Crippen LogP contribution < -0.4 is 5.32 Å². The summed E-state index contributed by atoms with van der Waals surface area (Å²) in [4.78, 5) is 11.7. The Morgan fingerprint density at radius 2 is 2.07 bits per heavy atom. The van der Waals surface area contributed by atoms with Gasteiger partial charge in [-0.15, -0.1) is 0 Å². The van der Waals surface area contributed by atoms with Crippen LogP contribution >= 0.6 is 0 Å². The number of nitrogens with one attached hydrogen (secondary N) is 1. The Bertz CT molecular complexity index is 361. The van der Waals surface area contributed by atoms with Crippen LogP contribution in [0.3, 0.4) is 0 Å². The van der Waals surface area contributed by atoms with Crippen LogP contribution in [0, 0.1) is 0 Å². The van der Waals surface area contributed by atoms with Crippen LogP contribution in [0.25, 0.3) is 0 Å². The molecule has 84 valence electrons. The molecule has 0 aromatic heterocycles. The number of rotatable bonds is 2. The SMILES string of the molecule is CC(=O)NC1=C(S(=O)C(C)(C)C)C=CC1. The van der Waals surface area contributed by atoms with E-state index in [0.717, 1.165) is 10.6 Å². The van der Waals surface area contributed by atoms with Gasteiger partial charge in [-0.3, -0.25) is 9.00 Å². The number of allylic oxidation sites excluding steroid dienone is 2. The summed E-state index contributed by atoms with van der Waals surface area (Å²) >= 11 is 0. The first-order valence-corrected chi connectivity index (χ1v) is 6.06. The summed E-state index contributed by atoms with van der Waals surface area (Å²) in [7, 11) is -1.08. The summed E-state index contributed by atoms with van der Waals surface area (Å²) in [6.07, 6.45) is 4.42. The Hall–Kier alpha value is -0.900. The highest BCUT2D eigenvalue weighted by atomic mass is 32.2. The van der Waals surface area contributed by atoms with Crippen LogP contribution in [0.5, 0.6) is 0 Å². The maximum atomic E-state index is 12.1. The van der Waals surface area contributed by atoms with Gasteiger partial charge in [-0.1, -0.05) is 6.08 Å². The molecule has 0 aromatic rings. The summed E-state index contributed by atoms with van der Waals surface area (Å²) in [5.74, 6) is -0.114. The third kappa shape index (κ3) is 3.02. The molecular weight excluding hydrogens is 210 g/mol. The molecule has 1 amide bonds. The Labute approximate surface area is 93.1 Å². The minimum Gasteiger partial charge on any atom is -0.328 e. The lowest BCUT2D eigenvalue weighted by Crippen LogP contribution is -2.26. The Morgan fingerprint density at radius 3 is 2.53 bits per heavy atom. The molecule has 0 aliphatic heterocycles. The second-order valence-electron chi connectivity index (χ2n) is 4.51. The van der Waals surface area contributed by atoms with E-state index in [1.54, 1.807) is 0 Å². The minimum atomic E-state index is -1.08. The molecule has 3 nitrogen and oxygen atoms in total. The van der Waals surface area contributed by atoms with Crippen molar-refractivity contribution in [3.63, 3.8) is 0 Å². The quantitative estimate of drug-likeness (QED) is 0.782. The molecule has 1 N–H and O–H groups in total. The smallest absolute Gasteiger partial charge is 0.221 e. The first-order valence-electron chi connectivity index (χ1n) is 4.91. The highest BCUT2D eigenvalue weighted by Crippen LogP contribution is 2.26. The molecule has 0 fully saturated rings. The fourth-order valence-corrected chi connectivity index (χ4v) is 2.55. The van der Waals surface area contributed by atoms with Crippen molar-refractivity contribution >= 4 is 16.7 Å². The van der Waals surface area contributed by atoms with E-state index in [4.69, 9.17) is 0 Å². The maximum absolute atomic E-state index is 12.1. The highest BCUT2D eigenvalue weighted by molar-refractivity contribution is 7.90. The molecule has 0 bridgehead atoms. The van der Waals surface area contributed by atoms with Gasteiger partial charge in [0.2, 0.25) is 5.91 Å². The molecule has 1 rings (SSSR count). The van der Waals surface area contributed by atoms with E-state index in [0.29, 0.717) is 6.42 Å². The number of hydrogen-bond donors (Lipinski definition) is 1. The zero-order valence-electron chi connectivity index (χ0n) is 9.59. The molecular formula is C11H17NO2S. The minimum absolute atomic E-state index is 0.114. The van der Waals surface area contributed by atoms with Gasteiger partial charge in [0.1, 0.15) is 0 Å². The first-order chi connectivity index (χ1) is 6.82. The molecule has 0 saturated carbocycles. The van der Waals surface area contributed by atoms with Crippen LogP contribution in [-0.2, 0) is 15.6 Å². The fraction of sp³-hybridized carbons (Fsp3) is 0.545. The number of amides is 1. The van der Waals surface area contributed by atoms with Crippen molar-refractivity contribution in [2.75, 3.05) is 0 Å². The first kappa shape index (κ1) is 12.2. The molecule has 1 unspecified atom stereocenters. The lowest BCUT2D eigenvalue weighted by Gasteiger charge is -2.19. The molecule has 0 heterocycles. The van der Waals surface area contributed by atoms with Crippen LogP contribution in [-0.4, -0.2) is 14.9 Å². The van der Waals surface area contributed by atoms with E-state index >= 15 is 0 Å². The van der Waals surface area contributed by atoms with E-state index < -0.39 is 10.8 Å². The second kappa shape index (κ2) is 4.31. The molecule has 0 spiro atoms. The summed E-state index contributed by atoms with van der Waals surface area (Å²) < 4.78 is 11.8. The van der Waals surface area contributed by atoms with Gasteiger partial charge in [0.05, 0.1) is 15.7 Å². The van der Waals surface area contributed by atoms with Gasteiger partial charge < -0.3 is 5.32 Å². The van der Waals surface area contributed by atoms with Crippen LogP contribution in [0.15, 0.2) is 22.8 Å². The van der Waals surface area contributed by atoms with Crippen LogP contribution in [0.1, 0.15) is 34.1 Å². The Balaban J connectivity index is 2.95. The number of carbonyl (C=O) groups excluding carboxylic acids is 1. The molecule has 0 aromatic carbocycles. The summed E-state index contributed by atoms with van der Waals surface area (Å²) in [6, 6.07) is 0. The van der Waals surface area contributed by atoms with Gasteiger partial charge in [0.15, 0.2) is 0 Å². The van der Waals surface area contributed by atoms with E-state index in [1.807, 2.05) is 32.9 Å². The van der Waals surface area contributed by atoms with E-state index in [1.165, 1.54) is 6.92 Å². The summed E-state index contributed by atoms with van der Waals surface area (Å²) in [5, 5.41) is 2.73. The summed E-state index contributed by atoms with van der Waals surface area (Å²) in [5.41, 5.74) is 0.774. The van der Waals surface area contributed by atoms with Gasteiger partial charge in [-0.05, 0) is 26.8 Å². The van der Waals surface area contributed by atoms with Gasteiger partial charge in [-0.25, -0.2) is 0 Å². The van der Waals surface area contributed by atoms with Gasteiger partial charge in [0, 0.05) is 23.8 Å². The van der Waals surface area contributed by atoms with Gasteiger partial charge >= 0.3 is 0 Å². The number of hydrogen-bond acceptors (Lipinski definition) is 2. The summed E-state index contributed by atoms with van der Waals surface area (Å²) in [6.45, 7) is 7.23. The second-order valence-corrected chi connectivity index (χ2v) is 6.71.